The lowest BCUT2D eigenvalue weighted by Gasteiger charge is -2.14. The highest BCUT2D eigenvalue weighted by Gasteiger charge is 2.14. The zero-order valence-electron chi connectivity index (χ0n) is 12.5. The molecule has 0 aliphatic carbocycles. The smallest absolute Gasteiger partial charge is 0.151 e. The summed E-state index contributed by atoms with van der Waals surface area (Å²) in [5, 5.41) is 12.0. The standard InChI is InChI=1S/C16H21N3O/c1-5-10-17-16-12(3)11(2)15(18-19-16)13-8-6-7-9-14(13)20-4/h6-9H,5,10H2,1-4H3,(H,17,19). The zero-order chi connectivity index (χ0) is 14.5. The van der Waals surface area contributed by atoms with Crippen molar-refractivity contribution in [3.8, 4) is 17.0 Å². The monoisotopic (exact) mass is 271 g/mol. The second kappa shape index (κ2) is 6.37. The number of nitrogens with zero attached hydrogens (tertiary/aromatic N) is 2. The minimum Gasteiger partial charge on any atom is -0.496 e. The number of ether oxygens (including phenoxy) is 1. The molecular formula is C16H21N3O. The van der Waals surface area contributed by atoms with E-state index < -0.39 is 0 Å². The maximum Gasteiger partial charge on any atom is 0.151 e. The van der Waals surface area contributed by atoms with Crippen LogP contribution in [0.1, 0.15) is 24.5 Å². The van der Waals surface area contributed by atoms with Crippen molar-refractivity contribution in [2.45, 2.75) is 27.2 Å². The highest BCUT2D eigenvalue weighted by Crippen LogP contribution is 2.32. The Balaban J connectivity index is 2.46. The van der Waals surface area contributed by atoms with Gasteiger partial charge in [0.2, 0.25) is 0 Å². The molecule has 1 aromatic carbocycles. The number of methoxy groups -OCH3 is 1. The number of nitrogens with one attached hydrogen (secondary N) is 1. The maximum absolute atomic E-state index is 5.41. The van der Waals surface area contributed by atoms with Crippen LogP contribution >= 0.6 is 0 Å². The SMILES string of the molecule is CCCNc1nnc(-c2ccccc2OC)c(C)c1C. The van der Waals surface area contributed by atoms with Crippen LogP contribution in [0.4, 0.5) is 5.82 Å². The van der Waals surface area contributed by atoms with E-state index in [1.807, 2.05) is 24.3 Å². The summed E-state index contributed by atoms with van der Waals surface area (Å²) in [4.78, 5) is 0. The van der Waals surface area contributed by atoms with Crippen LogP contribution < -0.4 is 10.1 Å². The molecule has 2 aromatic rings. The molecule has 0 atom stereocenters. The molecule has 1 heterocycles. The first-order chi connectivity index (χ1) is 9.69. The first-order valence-electron chi connectivity index (χ1n) is 6.90. The molecule has 0 fully saturated rings. The Kier molecular flexibility index (Phi) is 4.56. The van der Waals surface area contributed by atoms with Gasteiger partial charge in [-0.2, -0.15) is 0 Å². The van der Waals surface area contributed by atoms with Crippen molar-refractivity contribution < 1.29 is 4.74 Å². The number of aromatic nitrogens is 2. The average molecular weight is 271 g/mol. The quantitative estimate of drug-likeness (QED) is 0.902. The number of hydrogen-bond acceptors (Lipinski definition) is 4. The molecular weight excluding hydrogens is 250 g/mol. The number of rotatable bonds is 5. The summed E-state index contributed by atoms with van der Waals surface area (Å²) >= 11 is 0. The fraction of sp³-hybridized carbons (Fsp3) is 0.375. The molecule has 1 N–H and O–H groups in total. The van der Waals surface area contributed by atoms with Gasteiger partial charge in [-0.3, -0.25) is 0 Å². The van der Waals surface area contributed by atoms with Crippen molar-refractivity contribution >= 4 is 5.82 Å². The number of hydrogen-bond donors (Lipinski definition) is 1. The molecule has 0 aliphatic heterocycles. The lowest BCUT2D eigenvalue weighted by Crippen LogP contribution is -2.07. The van der Waals surface area contributed by atoms with Gasteiger partial charge >= 0.3 is 0 Å². The number of benzene rings is 1. The first kappa shape index (κ1) is 14.3. The van der Waals surface area contributed by atoms with E-state index in [4.69, 9.17) is 4.74 Å². The third-order valence-corrected chi connectivity index (χ3v) is 3.43. The van der Waals surface area contributed by atoms with E-state index in [-0.39, 0.29) is 0 Å². The maximum atomic E-state index is 5.41. The molecule has 0 spiro atoms. The molecule has 0 saturated heterocycles. The van der Waals surface area contributed by atoms with Gasteiger partial charge in [0, 0.05) is 12.1 Å². The van der Waals surface area contributed by atoms with Crippen LogP contribution in [0.15, 0.2) is 24.3 Å². The molecule has 20 heavy (non-hydrogen) atoms. The minimum atomic E-state index is 0.818. The predicted molar refractivity (Wildman–Crippen MR) is 82.3 cm³/mol. The van der Waals surface area contributed by atoms with Crippen LogP contribution in [0.5, 0.6) is 5.75 Å². The predicted octanol–water partition coefficient (Wildman–Crippen LogP) is 3.59. The summed E-state index contributed by atoms with van der Waals surface area (Å²) in [5.41, 5.74) is 4.12. The Labute approximate surface area is 120 Å². The summed E-state index contributed by atoms with van der Waals surface area (Å²) in [6.45, 7) is 7.18. The Morgan fingerprint density at radius 3 is 2.55 bits per heavy atom. The zero-order valence-corrected chi connectivity index (χ0v) is 12.5. The fourth-order valence-corrected chi connectivity index (χ4v) is 2.11. The summed E-state index contributed by atoms with van der Waals surface area (Å²) in [7, 11) is 1.67. The van der Waals surface area contributed by atoms with Crippen molar-refractivity contribution in [3.63, 3.8) is 0 Å². The molecule has 4 heteroatoms. The van der Waals surface area contributed by atoms with Gasteiger partial charge in [-0.05, 0) is 43.5 Å². The van der Waals surface area contributed by atoms with Gasteiger partial charge in [-0.1, -0.05) is 19.1 Å². The van der Waals surface area contributed by atoms with E-state index >= 15 is 0 Å². The molecule has 106 valence electrons. The molecule has 4 nitrogen and oxygen atoms in total. The Hall–Kier alpha value is -2.10. The van der Waals surface area contributed by atoms with Gasteiger partial charge in [0.1, 0.15) is 5.75 Å². The third kappa shape index (κ3) is 2.74. The number of para-hydroxylation sites is 1. The van der Waals surface area contributed by atoms with Crippen molar-refractivity contribution in [2.24, 2.45) is 0 Å². The van der Waals surface area contributed by atoms with Crippen molar-refractivity contribution in [2.75, 3.05) is 19.0 Å². The van der Waals surface area contributed by atoms with Crippen molar-refractivity contribution in [1.29, 1.82) is 0 Å². The highest BCUT2D eigenvalue weighted by molar-refractivity contribution is 5.71. The average Bonchev–Trinajstić information content (AvgIpc) is 2.49. The summed E-state index contributed by atoms with van der Waals surface area (Å²) in [6, 6.07) is 7.89. The Bertz CT molecular complexity index is 596. The second-order valence-electron chi connectivity index (χ2n) is 4.77. The van der Waals surface area contributed by atoms with Crippen LogP contribution in [0.2, 0.25) is 0 Å². The first-order valence-corrected chi connectivity index (χ1v) is 6.90. The Morgan fingerprint density at radius 2 is 1.85 bits per heavy atom. The van der Waals surface area contributed by atoms with Crippen LogP contribution in [0.3, 0.4) is 0 Å². The van der Waals surface area contributed by atoms with Gasteiger partial charge in [-0.15, -0.1) is 10.2 Å². The van der Waals surface area contributed by atoms with Gasteiger partial charge < -0.3 is 10.1 Å². The molecule has 0 saturated carbocycles. The molecule has 1 aromatic heterocycles. The van der Waals surface area contributed by atoms with Gasteiger partial charge in [0.05, 0.1) is 12.8 Å². The molecule has 0 aliphatic rings. The molecule has 0 unspecified atom stereocenters. The van der Waals surface area contributed by atoms with Crippen LogP contribution in [0, 0.1) is 13.8 Å². The highest BCUT2D eigenvalue weighted by atomic mass is 16.5. The summed E-state index contributed by atoms with van der Waals surface area (Å²) < 4.78 is 5.41. The Morgan fingerprint density at radius 1 is 1.10 bits per heavy atom. The summed E-state index contributed by atoms with van der Waals surface area (Å²) in [6.07, 6.45) is 1.06. The van der Waals surface area contributed by atoms with E-state index in [1.54, 1.807) is 7.11 Å². The lowest BCUT2D eigenvalue weighted by molar-refractivity contribution is 0.416. The lowest BCUT2D eigenvalue weighted by atomic mass is 10.0. The van der Waals surface area contributed by atoms with E-state index in [9.17, 15) is 0 Å². The van der Waals surface area contributed by atoms with E-state index in [0.29, 0.717) is 0 Å². The van der Waals surface area contributed by atoms with Gasteiger partial charge in [-0.25, -0.2) is 0 Å². The molecule has 0 bridgehead atoms. The normalized spacial score (nSPS) is 10.4. The van der Waals surface area contributed by atoms with Crippen LogP contribution in [0.25, 0.3) is 11.3 Å². The molecule has 0 radical (unpaired) electrons. The van der Waals surface area contributed by atoms with Crippen LogP contribution in [-0.4, -0.2) is 23.9 Å². The van der Waals surface area contributed by atoms with Crippen molar-refractivity contribution in [3.05, 3.63) is 35.4 Å². The largest absolute Gasteiger partial charge is 0.496 e. The number of anilines is 1. The fourth-order valence-electron chi connectivity index (χ4n) is 2.11. The molecule has 0 amide bonds. The van der Waals surface area contributed by atoms with Crippen LogP contribution in [-0.2, 0) is 0 Å². The summed E-state index contributed by atoms with van der Waals surface area (Å²) in [5.74, 6) is 1.68. The minimum absolute atomic E-state index is 0.818. The third-order valence-electron chi connectivity index (χ3n) is 3.43. The van der Waals surface area contributed by atoms with E-state index in [0.717, 1.165) is 46.9 Å². The van der Waals surface area contributed by atoms with E-state index in [1.165, 1.54) is 0 Å². The van der Waals surface area contributed by atoms with Crippen molar-refractivity contribution in [1.82, 2.24) is 10.2 Å². The van der Waals surface area contributed by atoms with Gasteiger partial charge in [0.25, 0.3) is 0 Å². The van der Waals surface area contributed by atoms with E-state index in [2.05, 4.69) is 36.3 Å². The molecule has 2 rings (SSSR count). The topological polar surface area (TPSA) is 47.0 Å². The van der Waals surface area contributed by atoms with Gasteiger partial charge in [0.15, 0.2) is 5.82 Å². The second-order valence-corrected chi connectivity index (χ2v) is 4.77.